The average molecular weight is 353 g/mol. The van der Waals surface area contributed by atoms with E-state index in [1.54, 1.807) is 14.0 Å². The largest absolute Gasteiger partial charge is 0.361 e. The van der Waals surface area contributed by atoms with Crippen LogP contribution in [0.4, 0.5) is 0 Å². The molecule has 23 heavy (non-hydrogen) atoms. The molecular weight excluding hydrogens is 336 g/mol. The molecule has 0 bridgehead atoms. The number of sulfonamides is 1. The predicted molar refractivity (Wildman–Crippen MR) is 90.1 cm³/mol. The lowest BCUT2D eigenvalue weighted by Crippen LogP contribution is -2.26. The minimum atomic E-state index is -3.55. The van der Waals surface area contributed by atoms with E-state index in [4.69, 9.17) is 11.6 Å². The van der Waals surface area contributed by atoms with Crippen molar-refractivity contribution in [1.29, 1.82) is 0 Å². The van der Waals surface area contributed by atoms with Crippen LogP contribution >= 0.6 is 11.6 Å². The second-order valence-electron chi connectivity index (χ2n) is 5.37. The molecule has 122 valence electrons. The lowest BCUT2D eigenvalue weighted by atomic mass is 10.1. The van der Waals surface area contributed by atoms with E-state index in [-0.39, 0.29) is 4.90 Å². The Morgan fingerprint density at radius 1 is 1.39 bits per heavy atom. The molecule has 0 saturated carbocycles. The Hall–Kier alpha value is -1.83. The number of hydrogen-bond donors (Lipinski definition) is 2. The van der Waals surface area contributed by atoms with Gasteiger partial charge in [0.25, 0.3) is 0 Å². The summed E-state index contributed by atoms with van der Waals surface area (Å²) in [5.41, 5.74) is 2.61. The highest BCUT2D eigenvalue weighted by Crippen LogP contribution is 2.22. The van der Waals surface area contributed by atoms with E-state index in [0.717, 1.165) is 16.5 Å². The van der Waals surface area contributed by atoms with Crippen molar-refractivity contribution in [3.8, 4) is 0 Å². The highest BCUT2D eigenvalue weighted by atomic mass is 35.5. The molecule has 0 atom stereocenters. The van der Waals surface area contributed by atoms with Gasteiger partial charge in [0.2, 0.25) is 10.0 Å². The molecule has 2 heterocycles. The third kappa shape index (κ3) is 3.12. The highest BCUT2D eigenvalue weighted by molar-refractivity contribution is 7.89. The van der Waals surface area contributed by atoms with Gasteiger partial charge in [-0.3, -0.25) is 4.68 Å². The van der Waals surface area contributed by atoms with Crippen LogP contribution in [0.5, 0.6) is 0 Å². The fourth-order valence-corrected chi connectivity index (χ4v) is 3.90. The van der Waals surface area contributed by atoms with Crippen molar-refractivity contribution >= 4 is 32.5 Å². The topological polar surface area (TPSA) is 79.8 Å². The van der Waals surface area contributed by atoms with Crippen LogP contribution in [-0.4, -0.2) is 29.7 Å². The molecule has 0 fully saturated rings. The van der Waals surface area contributed by atoms with E-state index < -0.39 is 10.0 Å². The molecule has 0 saturated heterocycles. The summed E-state index contributed by atoms with van der Waals surface area (Å²) in [6.45, 7) is 2.03. The first-order valence-corrected chi connectivity index (χ1v) is 8.98. The molecule has 3 rings (SSSR count). The van der Waals surface area contributed by atoms with Gasteiger partial charge in [0.05, 0.1) is 11.9 Å². The molecule has 0 aliphatic heterocycles. The van der Waals surface area contributed by atoms with Crippen molar-refractivity contribution in [3.63, 3.8) is 0 Å². The Kier molecular flexibility index (Phi) is 4.18. The first-order chi connectivity index (χ1) is 10.9. The molecule has 2 N–H and O–H groups in total. The van der Waals surface area contributed by atoms with Crippen LogP contribution in [0.15, 0.2) is 35.5 Å². The number of aromatic nitrogens is 3. The van der Waals surface area contributed by atoms with Crippen LogP contribution in [0.2, 0.25) is 5.02 Å². The number of hydrogen-bond acceptors (Lipinski definition) is 3. The molecule has 6 nitrogen and oxygen atoms in total. The van der Waals surface area contributed by atoms with Crippen LogP contribution in [0.25, 0.3) is 10.9 Å². The van der Waals surface area contributed by atoms with Gasteiger partial charge >= 0.3 is 0 Å². The van der Waals surface area contributed by atoms with Crippen molar-refractivity contribution in [2.24, 2.45) is 7.05 Å². The monoisotopic (exact) mass is 352 g/mol. The molecule has 0 spiro atoms. The van der Waals surface area contributed by atoms with E-state index in [9.17, 15) is 8.42 Å². The van der Waals surface area contributed by atoms with Gasteiger partial charge < -0.3 is 4.98 Å². The Labute approximate surface area is 139 Å². The Bertz CT molecular complexity index is 959. The maximum atomic E-state index is 12.3. The summed E-state index contributed by atoms with van der Waals surface area (Å²) in [7, 11) is -1.84. The molecule has 0 amide bonds. The number of H-pyrrole nitrogens is 1. The second-order valence-corrected chi connectivity index (χ2v) is 7.54. The first-order valence-electron chi connectivity index (χ1n) is 7.12. The molecule has 0 aliphatic carbocycles. The highest BCUT2D eigenvalue weighted by Gasteiger charge is 2.19. The summed E-state index contributed by atoms with van der Waals surface area (Å²) in [5.74, 6) is 0. The second kappa shape index (κ2) is 5.99. The number of aromatic amines is 1. The van der Waals surface area contributed by atoms with Gasteiger partial charge in [0.15, 0.2) is 0 Å². The summed E-state index contributed by atoms with van der Waals surface area (Å²) in [6, 6.07) is 5.60. The number of benzene rings is 1. The number of fused-ring (bicyclic) bond motifs is 1. The summed E-state index contributed by atoms with van der Waals surface area (Å²) in [4.78, 5) is 3.37. The number of aryl methyl sites for hydroxylation is 1. The van der Waals surface area contributed by atoms with Crippen molar-refractivity contribution in [3.05, 3.63) is 46.9 Å². The Morgan fingerprint density at radius 3 is 2.87 bits per heavy atom. The fourth-order valence-electron chi connectivity index (χ4n) is 2.50. The standard InChI is InChI=1S/C15H17ClN4O2S/c1-10-15(9-18-20(10)2)23(21,22)19-6-5-11-8-17-14-4-3-12(16)7-13(11)14/h3-4,7-9,17,19H,5-6H2,1-2H3. The smallest absolute Gasteiger partial charge is 0.243 e. The van der Waals surface area contributed by atoms with E-state index in [1.807, 2.05) is 24.4 Å². The van der Waals surface area contributed by atoms with E-state index >= 15 is 0 Å². The van der Waals surface area contributed by atoms with Gasteiger partial charge in [0, 0.05) is 35.7 Å². The summed E-state index contributed by atoms with van der Waals surface area (Å²) >= 11 is 6.02. The van der Waals surface area contributed by atoms with Crippen LogP contribution < -0.4 is 4.72 Å². The third-order valence-electron chi connectivity index (χ3n) is 3.90. The zero-order valence-corrected chi connectivity index (χ0v) is 14.4. The molecular formula is C15H17ClN4O2S. The van der Waals surface area contributed by atoms with Crippen LogP contribution in [0.3, 0.4) is 0 Å². The van der Waals surface area contributed by atoms with Gasteiger partial charge in [0.1, 0.15) is 4.90 Å². The fraction of sp³-hybridized carbons (Fsp3) is 0.267. The number of nitrogens with one attached hydrogen (secondary N) is 2. The van der Waals surface area contributed by atoms with Gasteiger partial charge in [-0.2, -0.15) is 5.10 Å². The lowest BCUT2D eigenvalue weighted by molar-refractivity contribution is 0.580. The quantitative estimate of drug-likeness (QED) is 0.739. The molecule has 1 aromatic carbocycles. The van der Waals surface area contributed by atoms with Crippen LogP contribution in [0, 0.1) is 6.92 Å². The zero-order valence-electron chi connectivity index (χ0n) is 12.8. The number of halogens is 1. The minimum absolute atomic E-state index is 0.210. The van der Waals surface area contributed by atoms with E-state index in [2.05, 4.69) is 14.8 Å². The average Bonchev–Trinajstić information content (AvgIpc) is 3.04. The van der Waals surface area contributed by atoms with Crippen LogP contribution in [0.1, 0.15) is 11.3 Å². The Morgan fingerprint density at radius 2 is 2.17 bits per heavy atom. The minimum Gasteiger partial charge on any atom is -0.361 e. The lowest BCUT2D eigenvalue weighted by Gasteiger charge is -2.06. The maximum absolute atomic E-state index is 12.3. The Balaban J connectivity index is 1.73. The maximum Gasteiger partial charge on any atom is 0.243 e. The van der Waals surface area contributed by atoms with Gasteiger partial charge in [-0.05, 0) is 37.1 Å². The van der Waals surface area contributed by atoms with Crippen molar-refractivity contribution < 1.29 is 8.42 Å². The van der Waals surface area contributed by atoms with E-state index in [0.29, 0.717) is 23.7 Å². The first kappa shape index (κ1) is 16.0. The third-order valence-corrected chi connectivity index (χ3v) is 5.69. The molecule has 3 aromatic rings. The SMILES string of the molecule is Cc1c(S(=O)(=O)NCCc2c[nH]c3ccc(Cl)cc23)cnn1C. The zero-order chi connectivity index (χ0) is 16.6. The molecule has 0 radical (unpaired) electrons. The van der Waals surface area contributed by atoms with Gasteiger partial charge in [-0.25, -0.2) is 13.1 Å². The van der Waals surface area contributed by atoms with Crippen molar-refractivity contribution in [2.45, 2.75) is 18.2 Å². The normalized spacial score (nSPS) is 12.1. The molecule has 0 unspecified atom stereocenters. The van der Waals surface area contributed by atoms with Gasteiger partial charge in [-0.1, -0.05) is 11.6 Å². The number of rotatable bonds is 5. The predicted octanol–water partition coefficient (Wildman–Crippen LogP) is 2.38. The summed E-state index contributed by atoms with van der Waals surface area (Å²) in [6.07, 6.45) is 3.81. The summed E-state index contributed by atoms with van der Waals surface area (Å²) < 4.78 is 28.8. The van der Waals surface area contributed by atoms with Crippen LogP contribution in [-0.2, 0) is 23.5 Å². The van der Waals surface area contributed by atoms with Gasteiger partial charge in [-0.15, -0.1) is 0 Å². The number of nitrogens with zero attached hydrogens (tertiary/aromatic N) is 2. The molecule has 8 heteroatoms. The van der Waals surface area contributed by atoms with E-state index in [1.165, 1.54) is 10.9 Å². The molecule has 2 aromatic heterocycles. The van der Waals surface area contributed by atoms with Crippen molar-refractivity contribution in [2.75, 3.05) is 6.54 Å². The summed E-state index contributed by atoms with van der Waals surface area (Å²) in [5, 5.41) is 5.63. The van der Waals surface area contributed by atoms with Crippen molar-refractivity contribution in [1.82, 2.24) is 19.5 Å². The molecule has 0 aliphatic rings.